The Morgan fingerprint density at radius 3 is 2.82 bits per heavy atom. The molecule has 2 rings (SSSR count). The van der Waals surface area contributed by atoms with Crippen molar-refractivity contribution in [2.24, 2.45) is 0 Å². The Labute approximate surface area is 135 Å². The summed E-state index contributed by atoms with van der Waals surface area (Å²) in [5.41, 5.74) is 1.54. The van der Waals surface area contributed by atoms with Crippen LogP contribution >= 0.6 is 11.6 Å². The molecular weight excluding hydrogens is 298 g/mol. The molecule has 0 aromatic heterocycles. The number of halogens is 1. The number of ether oxygens (including phenoxy) is 1. The molecule has 3 nitrogen and oxygen atoms in total. The first-order valence-electron chi connectivity index (χ1n) is 7.15. The summed E-state index contributed by atoms with van der Waals surface area (Å²) >= 11 is 5.91. The van der Waals surface area contributed by atoms with Gasteiger partial charge in [-0.25, -0.2) is 0 Å². The molecule has 2 aromatic rings. The number of benzene rings is 2. The third-order valence-corrected chi connectivity index (χ3v) is 3.12. The standard InChI is InChI=1S/C18H18ClNO2/c1-2-12-22-17-9-4-3-8-16(17)20-18(21)11-10-14-6-5-7-15(19)13-14/h3-11,13H,2,12H2,1H3,(H,20,21)/b11-10+. The maximum absolute atomic E-state index is 12.0. The van der Waals surface area contributed by atoms with Gasteiger partial charge in [0, 0.05) is 11.1 Å². The zero-order valence-electron chi connectivity index (χ0n) is 12.4. The molecule has 0 aliphatic carbocycles. The lowest BCUT2D eigenvalue weighted by Crippen LogP contribution is -2.09. The van der Waals surface area contributed by atoms with Crippen molar-refractivity contribution in [3.05, 3.63) is 65.2 Å². The number of hydrogen-bond acceptors (Lipinski definition) is 2. The number of nitrogens with one attached hydrogen (secondary N) is 1. The van der Waals surface area contributed by atoms with Crippen LogP contribution in [0.15, 0.2) is 54.6 Å². The fourth-order valence-corrected chi connectivity index (χ4v) is 2.06. The van der Waals surface area contributed by atoms with E-state index < -0.39 is 0 Å². The van der Waals surface area contributed by atoms with E-state index >= 15 is 0 Å². The molecule has 0 saturated heterocycles. The van der Waals surface area contributed by atoms with E-state index in [1.54, 1.807) is 18.2 Å². The molecule has 0 aliphatic heterocycles. The molecule has 0 atom stereocenters. The number of carbonyl (C=O) groups is 1. The van der Waals surface area contributed by atoms with Crippen molar-refractivity contribution < 1.29 is 9.53 Å². The number of carbonyl (C=O) groups excluding carboxylic acids is 1. The minimum Gasteiger partial charge on any atom is -0.491 e. The van der Waals surface area contributed by atoms with Gasteiger partial charge in [-0.05, 0) is 42.3 Å². The van der Waals surface area contributed by atoms with E-state index in [0.717, 1.165) is 12.0 Å². The van der Waals surface area contributed by atoms with E-state index in [1.165, 1.54) is 6.08 Å². The van der Waals surface area contributed by atoms with Crippen molar-refractivity contribution in [2.45, 2.75) is 13.3 Å². The van der Waals surface area contributed by atoms with Gasteiger partial charge in [-0.3, -0.25) is 4.79 Å². The van der Waals surface area contributed by atoms with E-state index in [-0.39, 0.29) is 5.91 Å². The van der Waals surface area contributed by atoms with E-state index in [0.29, 0.717) is 23.1 Å². The van der Waals surface area contributed by atoms with Gasteiger partial charge in [0.05, 0.1) is 12.3 Å². The number of para-hydroxylation sites is 2. The minimum absolute atomic E-state index is 0.215. The fraction of sp³-hybridized carbons (Fsp3) is 0.167. The van der Waals surface area contributed by atoms with E-state index in [1.807, 2.05) is 43.3 Å². The second-order valence-corrected chi connectivity index (χ2v) is 5.16. The quantitative estimate of drug-likeness (QED) is 0.779. The van der Waals surface area contributed by atoms with Crippen LogP contribution < -0.4 is 10.1 Å². The normalized spacial score (nSPS) is 10.6. The van der Waals surface area contributed by atoms with Crippen LogP contribution in [0.3, 0.4) is 0 Å². The molecular formula is C18H18ClNO2. The Morgan fingerprint density at radius 2 is 2.05 bits per heavy atom. The number of anilines is 1. The monoisotopic (exact) mass is 315 g/mol. The second-order valence-electron chi connectivity index (χ2n) is 4.72. The van der Waals surface area contributed by atoms with Crippen LogP contribution in [0, 0.1) is 0 Å². The average molecular weight is 316 g/mol. The molecule has 2 aromatic carbocycles. The molecule has 0 unspecified atom stereocenters. The predicted octanol–water partition coefficient (Wildman–Crippen LogP) is 4.78. The largest absolute Gasteiger partial charge is 0.491 e. The summed E-state index contributed by atoms with van der Waals surface area (Å²) in [6, 6.07) is 14.7. The van der Waals surface area contributed by atoms with Gasteiger partial charge in [0.25, 0.3) is 0 Å². The summed E-state index contributed by atoms with van der Waals surface area (Å²) in [6.07, 6.45) is 4.11. The summed E-state index contributed by atoms with van der Waals surface area (Å²) in [4.78, 5) is 12.0. The Hall–Kier alpha value is -2.26. The van der Waals surface area contributed by atoms with Gasteiger partial charge in [-0.2, -0.15) is 0 Å². The third kappa shape index (κ3) is 4.93. The zero-order valence-corrected chi connectivity index (χ0v) is 13.1. The van der Waals surface area contributed by atoms with Gasteiger partial charge in [0.2, 0.25) is 5.91 Å². The highest BCUT2D eigenvalue weighted by atomic mass is 35.5. The van der Waals surface area contributed by atoms with Crippen molar-refractivity contribution in [1.82, 2.24) is 0 Å². The van der Waals surface area contributed by atoms with Crippen LogP contribution in [0.1, 0.15) is 18.9 Å². The first-order chi connectivity index (χ1) is 10.7. The molecule has 0 radical (unpaired) electrons. The zero-order chi connectivity index (χ0) is 15.8. The van der Waals surface area contributed by atoms with Crippen LogP contribution in [0.5, 0.6) is 5.75 Å². The summed E-state index contributed by atoms with van der Waals surface area (Å²) in [7, 11) is 0. The average Bonchev–Trinajstić information content (AvgIpc) is 2.52. The Bertz CT molecular complexity index is 668. The van der Waals surface area contributed by atoms with Crippen LogP contribution in [0.25, 0.3) is 6.08 Å². The molecule has 0 saturated carbocycles. The SMILES string of the molecule is CCCOc1ccccc1NC(=O)/C=C/c1cccc(Cl)c1. The van der Waals surface area contributed by atoms with Gasteiger partial charge < -0.3 is 10.1 Å². The van der Waals surface area contributed by atoms with Crippen molar-refractivity contribution in [3.63, 3.8) is 0 Å². The Balaban J connectivity index is 2.03. The van der Waals surface area contributed by atoms with Crippen molar-refractivity contribution in [1.29, 1.82) is 0 Å². The first kappa shape index (κ1) is 16.1. The van der Waals surface area contributed by atoms with Crippen LogP contribution in [0.4, 0.5) is 5.69 Å². The van der Waals surface area contributed by atoms with Gasteiger partial charge in [0.15, 0.2) is 0 Å². The maximum atomic E-state index is 12.0. The van der Waals surface area contributed by atoms with Crippen LogP contribution in [-0.2, 0) is 4.79 Å². The lowest BCUT2D eigenvalue weighted by atomic mass is 10.2. The molecule has 1 N–H and O–H groups in total. The van der Waals surface area contributed by atoms with E-state index in [2.05, 4.69) is 5.32 Å². The fourth-order valence-electron chi connectivity index (χ4n) is 1.86. The van der Waals surface area contributed by atoms with E-state index in [4.69, 9.17) is 16.3 Å². The lowest BCUT2D eigenvalue weighted by molar-refractivity contribution is -0.111. The molecule has 0 spiro atoms. The number of rotatable bonds is 6. The third-order valence-electron chi connectivity index (χ3n) is 2.88. The molecule has 4 heteroatoms. The van der Waals surface area contributed by atoms with Crippen LogP contribution in [0.2, 0.25) is 5.02 Å². The van der Waals surface area contributed by atoms with Gasteiger partial charge in [-0.1, -0.05) is 42.8 Å². The number of amides is 1. The lowest BCUT2D eigenvalue weighted by Gasteiger charge is -2.10. The molecule has 114 valence electrons. The molecule has 0 aliphatic rings. The van der Waals surface area contributed by atoms with E-state index in [9.17, 15) is 4.79 Å². The maximum Gasteiger partial charge on any atom is 0.248 e. The van der Waals surface area contributed by atoms with Crippen molar-refractivity contribution in [3.8, 4) is 5.75 Å². The van der Waals surface area contributed by atoms with Gasteiger partial charge in [0.1, 0.15) is 5.75 Å². The molecule has 0 bridgehead atoms. The molecule has 22 heavy (non-hydrogen) atoms. The molecule has 0 heterocycles. The minimum atomic E-state index is -0.215. The van der Waals surface area contributed by atoms with Crippen molar-refractivity contribution >= 4 is 29.3 Å². The highest BCUT2D eigenvalue weighted by Gasteiger charge is 2.05. The summed E-state index contributed by atoms with van der Waals surface area (Å²) in [5, 5.41) is 3.46. The van der Waals surface area contributed by atoms with Crippen LogP contribution in [-0.4, -0.2) is 12.5 Å². The summed E-state index contributed by atoms with van der Waals surface area (Å²) in [6.45, 7) is 2.65. The summed E-state index contributed by atoms with van der Waals surface area (Å²) < 4.78 is 5.61. The number of hydrogen-bond donors (Lipinski definition) is 1. The molecule has 0 fully saturated rings. The molecule has 1 amide bonds. The Kier molecular flexibility index (Phi) is 6.04. The first-order valence-corrected chi connectivity index (χ1v) is 7.53. The predicted molar refractivity (Wildman–Crippen MR) is 91.3 cm³/mol. The smallest absolute Gasteiger partial charge is 0.248 e. The topological polar surface area (TPSA) is 38.3 Å². The van der Waals surface area contributed by atoms with Crippen molar-refractivity contribution in [2.75, 3.05) is 11.9 Å². The second kappa shape index (κ2) is 8.25. The van der Waals surface area contributed by atoms with Gasteiger partial charge in [-0.15, -0.1) is 0 Å². The van der Waals surface area contributed by atoms with Gasteiger partial charge >= 0.3 is 0 Å². The summed E-state index contributed by atoms with van der Waals surface area (Å²) in [5.74, 6) is 0.460. The Morgan fingerprint density at radius 1 is 1.23 bits per heavy atom. The highest BCUT2D eigenvalue weighted by molar-refractivity contribution is 6.30. The highest BCUT2D eigenvalue weighted by Crippen LogP contribution is 2.24.